The number of aliphatic hydroxyl groups excluding tert-OH is 1. The van der Waals surface area contributed by atoms with Gasteiger partial charge in [-0.1, -0.05) is 6.07 Å². The fourth-order valence-corrected chi connectivity index (χ4v) is 3.54. The van der Waals surface area contributed by atoms with Gasteiger partial charge in [-0.2, -0.15) is 4.31 Å². The molecule has 1 saturated heterocycles. The van der Waals surface area contributed by atoms with Crippen molar-refractivity contribution in [1.82, 2.24) is 9.62 Å². The topological polar surface area (TPSA) is 95.9 Å². The van der Waals surface area contributed by atoms with Crippen molar-refractivity contribution >= 4 is 15.9 Å². The number of nitrogens with zero attached hydrogens (tertiary/aromatic N) is 1. The molecular formula is C14H20N2O5S. The van der Waals surface area contributed by atoms with E-state index in [0.29, 0.717) is 26.3 Å². The van der Waals surface area contributed by atoms with Gasteiger partial charge in [0.15, 0.2) is 0 Å². The van der Waals surface area contributed by atoms with Crippen LogP contribution in [-0.4, -0.2) is 62.7 Å². The molecule has 122 valence electrons. The SMILES string of the molecule is CC(CO)NC(=O)c1cccc(S(=O)(=O)N2CCOCC2)c1. The van der Waals surface area contributed by atoms with Gasteiger partial charge in [-0.15, -0.1) is 0 Å². The zero-order valence-corrected chi connectivity index (χ0v) is 13.2. The minimum Gasteiger partial charge on any atom is -0.394 e. The average Bonchev–Trinajstić information content (AvgIpc) is 2.55. The maximum atomic E-state index is 12.5. The minimum absolute atomic E-state index is 0.0821. The highest BCUT2D eigenvalue weighted by Gasteiger charge is 2.26. The van der Waals surface area contributed by atoms with E-state index in [1.807, 2.05) is 0 Å². The lowest BCUT2D eigenvalue weighted by Crippen LogP contribution is -2.40. The van der Waals surface area contributed by atoms with Gasteiger partial charge in [-0.25, -0.2) is 8.42 Å². The second-order valence-electron chi connectivity index (χ2n) is 5.10. The maximum absolute atomic E-state index is 12.5. The van der Waals surface area contributed by atoms with Gasteiger partial charge in [0.05, 0.1) is 24.7 Å². The first kappa shape index (κ1) is 16.9. The number of sulfonamides is 1. The molecule has 1 aromatic carbocycles. The van der Waals surface area contributed by atoms with Crippen molar-refractivity contribution in [2.24, 2.45) is 0 Å². The summed E-state index contributed by atoms with van der Waals surface area (Å²) in [5.74, 6) is -0.416. The highest BCUT2D eigenvalue weighted by molar-refractivity contribution is 7.89. The molecule has 0 saturated carbocycles. The fraction of sp³-hybridized carbons (Fsp3) is 0.500. The van der Waals surface area contributed by atoms with E-state index in [1.165, 1.54) is 28.6 Å². The van der Waals surface area contributed by atoms with E-state index in [9.17, 15) is 13.2 Å². The van der Waals surface area contributed by atoms with Crippen molar-refractivity contribution in [3.63, 3.8) is 0 Å². The standard InChI is InChI=1S/C14H20N2O5S/c1-11(10-17)15-14(18)12-3-2-4-13(9-12)22(19,20)16-5-7-21-8-6-16/h2-4,9,11,17H,5-8,10H2,1H3,(H,15,18). The summed E-state index contributed by atoms with van der Waals surface area (Å²) in [6.07, 6.45) is 0. The molecule has 1 amide bonds. The largest absolute Gasteiger partial charge is 0.394 e. The third-order valence-electron chi connectivity index (χ3n) is 3.36. The molecule has 2 rings (SSSR count). The smallest absolute Gasteiger partial charge is 0.251 e. The highest BCUT2D eigenvalue weighted by atomic mass is 32.2. The van der Waals surface area contributed by atoms with Crippen LogP contribution in [0.1, 0.15) is 17.3 Å². The van der Waals surface area contributed by atoms with Crippen LogP contribution in [-0.2, 0) is 14.8 Å². The van der Waals surface area contributed by atoms with Gasteiger partial charge in [-0.05, 0) is 25.1 Å². The Labute approximate surface area is 129 Å². The van der Waals surface area contributed by atoms with E-state index in [1.54, 1.807) is 6.92 Å². The van der Waals surface area contributed by atoms with Crippen LogP contribution in [0.4, 0.5) is 0 Å². The van der Waals surface area contributed by atoms with Crippen molar-refractivity contribution in [1.29, 1.82) is 0 Å². The first-order chi connectivity index (χ1) is 10.4. The summed E-state index contributed by atoms with van der Waals surface area (Å²) in [7, 11) is -3.63. The Morgan fingerprint density at radius 1 is 1.41 bits per heavy atom. The lowest BCUT2D eigenvalue weighted by molar-refractivity contribution is 0.0730. The first-order valence-corrected chi connectivity index (χ1v) is 8.49. The quantitative estimate of drug-likeness (QED) is 0.781. The van der Waals surface area contributed by atoms with Crippen molar-refractivity contribution in [2.45, 2.75) is 17.9 Å². The second kappa shape index (κ2) is 7.19. The molecule has 0 aliphatic carbocycles. The van der Waals surface area contributed by atoms with Crippen LogP contribution in [0.15, 0.2) is 29.2 Å². The predicted molar refractivity (Wildman–Crippen MR) is 80.0 cm³/mol. The van der Waals surface area contributed by atoms with Gasteiger partial charge in [0, 0.05) is 24.7 Å². The molecule has 1 aliphatic rings. The molecular weight excluding hydrogens is 308 g/mol. The Balaban J connectivity index is 2.22. The second-order valence-corrected chi connectivity index (χ2v) is 7.04. The number of carbonyl (C=O) groups excluding carboxylic acids is 1. The maximum Gasteiger partial charge on any atom is 0.251 e. The third-order valence-corrected chi connectivity index (χ3v) is 5.25. The summed E-state index contributed by atoms with van der Waals surface area (Å²) in [6, 6.07) is 5.50. The number of carbonyl (C=O) groups is 1. The first-order valence-electron chi connectivity index (χ1n) is 7.05. The summed E-state index contributed by atoms with van der Waals surface area (Å²) in [5.41, 5.74) is 0.245. The van der Waals surface area contributed by atoms with E-state index in [-0.39, 0.29) is 17.1 Å². The van der Waals surface area contributed by atoms with E-state index in [0.717, 1.165) is 0 Å². The molecule has 1 atom stereocenters. The molecule has 1 aromatic rings. The molecule has 1 aliphatic heterocycles. The molecule has 22 heavy (non-hydrogen) atoms. The molecule has 1 unspecified atom stereocenters. The summed E-state index contributed by atoms with van der Waals surface area (Å²) in [4.78, 5) is 12.1. The third kappa shape index (κ3) is 3.83. The van der Waals surface area contributed by atoms with Crippen LogP contribution >= 0.6 is 0 Å². The fourth-order valence-electron chi connectivity index (χ4n) is 2.09. The normalized spacial score (nSPS) is 17.9. The molecule has 0 radical (unpaired) electrons. The van der Waals surface area contributed by atoms with Gasteiger partial charge in [0.1, 0.15) is 0 Å². The van der Waals surface area contributed by atoms with Crippen molar-refractivity contribution < 1.29 is 23.1 Å². The molecule has 8 heteroatoms. The lowest BCUT2D eigenvalue weighted by Gasteiger charge is -2.26. The van der Waals surface area contributed by atoms with Crippen LogP contribution in [0.2, 0.25) is 0 Å². The molecule has 1 fully saturated rings. The van der Waals surface area contributed by atoms with Gasteiger partial charge in [0.25, 0.3) is 5.91 Å². The summed E-state index contributed by atoms with van der Waals surface area (Å²) in [5, 5.41) is 11.5. The van der Waals surface area contributed by atoms with Crippen LogP contribution in [0.3, 0.4) is 0 Å². The molecule has 0 aromatic heterocycles. The molecule has 2 N–H and O–H groups in total. The van der Waals surface area contributed by atoms with E-state index in [4.69, 9.17) is 9.84 Å². The average molecular weight is 328 g/mol. The Bertz CT molecular complexity index is 626. The van der Waals surface area contributed by atoms with Crippen LogP contribution < -0.4 is 5.32 Å². The number of morpholine rings is 1. The summed E-state index contributed by atoms with van der Waals surface area (Å²) in [6.45, 7) is 2.82. The molecule has 0 spiro atoms. The number of hydrogen-bond acceptors (Lipinski definition) is 5. The molecule has 1 heterocycles. The van der Waals surface area contributed by atoms with Crippen molar-refractivity contribution in [3.05, 3.63) is 29.8 Å². The summed E-state index contributed by atoms with van der Waals surface area (Å²) < 4.78 is 31.6. The number of amides is 1. The van der Waals surface area contributed by atoms with Crippen molar-refractivity contribution in [3.8, 4) is 0 Å². The number of nitrogens with one attached hydrogen (secondary N) is 1. The Kier molecular flexibility index (Phi) is 5.52. The van der Waals surface area contributed by atoms with E-state index >= 15 is 0 Å². The number of aliphatic hydroxyl groups is 1. The lowest BCUT2D eigenvalue weighted by atomic mass is 10.2. The molecule has 7 nitrogen and oxygen atoms in total. The monoisotopic (exact) mass is 328 g/mol. The number of ether oxygens (including phenoxy) is 1. The molecule has 0 bridgehead atoms. The number of rotatable bonds is 5. The Hall–Kier alpha value is -1.48. The van der Waals surface area contributed by atoms with Crippen LogP contribution in [0.5, 0.6) is 0 Å². The Morgan fingerprint density at radius 3 is 2.73 bits per heavy atom. The Morgan fingerprint density at radius 2 is 2.09 bits per heavy atom. The number of benzene rings is 1. The van der Waals surface area contributed by atoms with E-state index in [2.05, 4.69) is 5.32 Å². The van der Waals surface area contributed by atoms with Gasteiger partial charge < -0.3 is 15.2 Å². The van der Waals surface area contributed by atoms with Gasteiger partial charge >= 0.3 is 0 Å². The van der Waals surface area contributed by atoms with Crippen LogP contribution in [0, 0.1) is 0 Å². The van der Waals surface area contributed by atoms with Gasteiger partial charge in [0.2, 0.25) is 10.0 Å². The van der Waals surface area contributed by atoms with Crippen LogP contribution in [0.25, 0.3) is 0 Å². The van der Waals surface area contributed by atoms with Crippen molar-refractivity contribution in [2.75, 3.05) is 32.9 Å². The van der Waals surface area contributed by atoms with E-state index < -0.39 is 22.0 Å². The summed E-state index contributed by atoms with van der Waals surface area (Å²) >= 11 is 0. The number of hydrogen-bond donors (Lipinski definition) is 2. The zero-order valence-electron chi connectivity index (χ0n) is 12.4. The highest BCUT2D eigenvalue weighted by Crippen LogP contribution is 2.18. The zero-order chi connectivity index (χ0) is 16.2. The van der Waals surface area contributed by atoms with Gasteiger partial charge in [-0.3, -0.25) is 4.79 Å². The predicted octanol–water partition coefficient (Wildman–Crippen LogP) is -0.182. The minimum atomic E-state index is -3.63.